The number of methoxy groups -OCH3 is 2. The van der Waals surface area contributed by atoms with E-state index >= 15 is 0 Å². The molecule has 2 amide bonds. The molecule has 3 rings (SSSR count). The van der Waals surface area contributed by atoms with Gasteiger partial charge in [-0.25, -0.2) is 9.59 Å². The van der Waals surface area contributed by atoms with Crippen molar-refractivity contribution in [2.75, 3.05) is 27.4 Å². The monoisotopic (exact) mass is 412 g/mol. The highest BCUT2D eigenvalue weighted by atomic mass is 16.6. The summed E-state index contributed by atoms with van der Waals surface area (Å²) in [5.74, 6) is 0.307. The molecule has 2 aromatic rings. The molecule has 1 atom stereocenters. The zero-order chi connectivity index (χ0) is 21.8. The van der Waals surface area contributed by atoms with E-state index in [0.717, 1.165) is 22.1 Å². The minimum Gasteiger partial charge on any atom is -0.497 e. The second-order valence-electron chi connectivity index (χ2n) is 7.45. The van der Waals surface area contributed by atoms with Gasteiger partial charge in [0.25, 0.3) is 0 Å². The molecule has 1 aliphatic heterocycles. The molecule has 0 unspecified atom stereocenters. The molecule has 0 radical (unpaired) electrons. The van der Waals surface area contributed by atoms with E-state index in [0.29, 0.717) is 17.9 Å². The highest BCUT2D eigenvalue weighted by Gasteiger charge is 2.37. The lowest BCUT2D eigenvalue weighted by Crippen LogP contribution is -2.50. The van der Waals surface area contributed by atoms with Crippen LogP contribution in [0.2, 0.25) is 0 Å². The van der Waals surface area contributed by atoms with Gasteiger partial charge in [0, 0.05) is 18.8 Å². The molecular formula is C23H28N2O5. The fraction of sp³-hybridized carbons (Fsp3) is 0.391. The summed E-state index contributed by atoms with van der Waals surface area (Å²) in [5, 5.41) is 4.97. The molecule has 7 nitrogen and oxygen atoms in total. The number of carbonyl (C=O) groups excluding carboxylic acids is 2. The van der Waals surface area contributed by atoms with E-state index in [1.54, 1.807) is 26.0 Å². The second-order valence-corrected chi connectivity index (χ2v) is 7.45. The van der Waals surface area contributed by atoms with Crippen molar-refractivity contribution < 1.29 is 23.8 Å². The van der Waals surface area contributed by atoms with Gasteiger partial charge in [-0.1, -0.05) is 18.2 Å². The molecule has 0 saturated carbocycles. The van der Waals surface area contributed by atoms with Gasteiger partial charge in [0.2, 0.25) is 0 Å². The molecule has 30 heavy (non-hydrogen) atoms. The van der Waals surface area contributed by atoms with E-state index in [2.05, 4.69) is 5.32 Å². The van der Waals surface area contributed by atoms with Crippen LogP contribution in [0.15, 0.2) is 47.7 Å². The quantitative estimate of drug-likeness (QED) is 0.553. The lowest BCUT2D eigenvalue weighted by Gasteiger charge is -2.37. The number of hydrogen-bond acceptors (Lipinski definition) is 5. The Hall–Kier alpha value is -3.06. The van der Waals surface area contributed by atoms with Crippen LogP contribution in [0.1, 0.15) is 32.4 Å². The normalized spacial score (nSPS) is 16.8. The number of nitrogens with one attached hydrogen (secondary N) is 1. The van der Waals surface area contributed by atoms with Crippen molar-refractivity contribution in [3.63, 3.8) is 0 Å². The minimum atomic E-state index is -0.603. The molecule has 0 bridgehead atoms. The molecule has 0 aromatic heterocycles. The van der Waals surface area contributed by atoms with Gasteiger partial charge in [0.15, 0.2) is 0 Å². The summed E-state index contributed by atoms with van der Waals surface area (Å²) >= 11 is 0. The average Bonchev–Trinajstić information content (AvgIpc) is 2.72. The topological polar surface area (TPSA) is 77.1 Å². The van der Waals surface area contributed by atoms with Crippen LogP contribution in [0.5, 0.6) is 5.75 Å². The van der Waals surface area contributed by atoms with Crippen LogP contribution in [0.3, 0.4) is 0 Å². The zero-order valence-electron chi connectivity index (χ0n) is 18.0. The van der Waals surface area contributed by atoms with Crippen LogP contribution in [-0.4, -0.2) is 50.4 Å². The molecule has 1 N–H and O–H groups in total. The third-order valence-corrected chi connectivity index (χ3v) is 5.19. The van der Waals surface area contributed by atoms with Crippen LogP contribution >= 0.6 is 0 Å². The second kappa shape index (κ2) is 9.17. The van der Waals surface area contributed by atoms with Crippen LogP contribution in [0.25, 0.3) is 10.8 Å². The molecular weight excluding hydrogens is 384 g/mol. The summed E-state index contributed by atoms with van der Waals surface area (Å²) < 4.78 is 15.7. The number of rotatable bonds is 7. The number of ether oxygens (including phenoxy) is 3. The average molecular weight is 412 g/mol. The van der Waals surface area contributed by atoms with E-state index in [9.17, 15) is 9.59 Å². The van der Waals surface area contributed by atoms with E-state index in [1.807, 2.05) is 50.2 Å². The molecule has 0 fully saturated rings. The van der Waals surface area contributed by atoms with Gasteiger partial charge in [-0.05, 0) is 55.3 Å². The number of carbonyl (C=O) groups is 2. The maximum atomic E-state index is 13.0. The third-order valence-electron chi connectivity index (χ3n) is 5.19. The molecule has 1 heterocycles. The molecule has 7 heteroatoms. The summed E-state index contributed by atoms with van der Waals surface area (Å²) in [4.78, 5) is 27.3. The molecule has 0 saturated heterocycles. The number of nitrogens with zero attached hydrogens (tertiary/aromatic N) is 1. The Balaban J connectivity index is 2.04. The molecule has 1 aliphatic rings. The van der Waals surface area contributed by atoms with E-state index in [1.165, 1.54) is 0 Å². The van der Waals surface area contributed by atoms with Crippen molar-refractivity contribution in [1.82, 2.24) is 10.2 Å². The molecule has 0 aliphatic carbocycles. The number of hydrogen-bond donors (Lipinski definition) is 1. The van der Waals surface area contributed by atoms with Crippen molar-refractivity contribution >= 4 is 22.8 Å². The van der Waals surface area contributed by atoms with Gasteiger partial charge < -0.3 is 19.5 Å². The third kappa shape index (κ3) is 4.26. The first kappa shape index (κ1) is 21.6. The number of esters is 1. The van der Waals surface area contributed by atoms with Crippen molar-refractivity contribution in [3.8, 4) is 5.75 Å². The highest BCUT2D eigenvalue weighted by molar-refractivity contribution is 5.95. The van der Waals surface area contributed by atoms with Gasteiger partial charge in [0.1, 0.15) is 12.4 Å². The number of allylic oxidation sites excluding steroid dienone is 1. The van der Waals surface area contributed by atoms with Crippen LogP contribution in [-0.2, 0) is 14.3 Å². The Labute approximate surface area is 176 Å². The minimum absolute atomic E-state index is 0.100. The molecule has 2 aromatic carbocycles. The van der Waals surface area contributed by atoms with E-state index < -0.39 is 12.0 Å². The van der Waals surface area contributed by atoms with Gasteiger partial charge in [-0.15, -0.1) is 0 Å². The fourth-order valence-electron chi connectivity index (χ4n) is 3.74. The summed E-state index contributed by atoms with van der Waals surface area (Å²) in [5.41, 5.74) is 1.82. The predicted molar refractivity (Wildman–Crippen MR) is 114 cm³/mol. The number of benzene rings is 2. The van der Waals surface area contributed by atoms with E-state index in [-0.39, 0.29) is 18.7 Å². The van der Waals surface area contributed by atoms with Crippen molar-refractivity contribution in [2.24, 2.45) is 0 Å². The zero-order valence-corrected chi connectivity index (χ0v) is 18.0. The van der Waals surface area contributed by atoms with Crippen molar-refractivity contribution in [3.05, 3.63) is 53.2 Å². The Morgan fingerprint density at radius 1 is 1.10 bits per heavy atom. The van der Waals surface area contributed by atoms with E-state index in [4.69, 9.17) is 14.2 Å². The SMILES string of the molecule is COCCOC(=O)C1=C(C)N(C(C)C)C(=O)N[C@H]1c1ccc2cc(OC)ccc2c1. The standard InChI is InChI=1S/C23H28N2O5/c1-14(2)25-15(3)20(22(26)30-11-10-28-4)21(24-23(25)27)18-7-6-17-13-19(29-5)9-8-16(17)12-18/h6-9,12-14,21H,10-11H2,1-5H3,(H,24,27)/t21-/m0/s1. The Morgan fingerprint density at radius 2 is 1.80 bits per heavy atom. The Kier molecular flexibility index (Phi) is 6.62. The maximum Gasteiger partial charge on any atom is 0.338 e. The molecule has 160 valence electrons. The number of urea groups is 1. The highest BCUT2D eigenvalue weighted by Crippen LogP contribution is 2.34. The van der Waals surface area contributed by atoms with Gasteiger partial charge >= 0.3 is 12.0 Å². The van der Waals surface area contributed by atoms with Crippen LogP contribution < -0.4 is 10.1 Å². The molecule has 0 spiro atoms. The van der Waals surface area contributed by atoms with Crippen LogP contribution in [0, 0.1) is 0 Å². The van der Waals surface area contributed by atoms with Crippen molar-refractivity contribution in [1.29, 1.82) is 0 Å². The predicted octanol–water partition coefficient (Wildman–Crippen LogP) is 3.79. The lowest BCUT2D eigenvalue weighted by molar-refractivity contribution is -0.140. The van der Waals surface area contributed by atoms with Gasteiger partial charge in [-0.3, -0.25) is 4.90 Å². The Bertz CT molecular complexity index is 983. The summed E-state index contributed by atoms with van der Waals surface area (Å²) in [6.45, 7) is 6.04. The summed E-state index contributed by atoms with van der Waals surface area (Å²) in [6, 6.07) is 10.7. The smallest absolute Gasteiger partial charge is 0.338 e. The van der Waals surface area contributed by atoms with Crippen molar-refractivity contribution in [2.45, 2.75) is 32.9 Å². The van der Waals surface area contributed by atoms with Crippen LogP contribution in [0.4, 0.5) is 4.79 Å². The number of fused-ring (bicyclic) bond motifs is 1. The first-order chi connectivity index (χ1) is 14.4. The summed E-state index contributed by atoms with van der Waals surface area (Å²) in [7, 11) is 3.18. The Morgan fingerprint density at radius 3 is 2.47 bits per heavy atom. The fourth-order valence-corrected chi connectivity index (χ4v) is 3.74. The number of amides is 2. The lowest BCUT2D eigenvalue weighted by atomic mass is 9.92. The first-order valence-electron chi connectivity index (χ1n) is 9.91. The van der Waals surface area contributed by atoms with Gasteiger partial charge in [-0.2, -0.15) is 0 Å². The first-order valence-corrected chi connectivity index (χ1v) is 9.91. The maximum absolute atomic E-state index is 13.0. The summed E-state index contributed by atoms with van der Waals surface area (Å²) in [6.07, 6.45) is 0. The largest absolute Gasteiger partial charge is 0.497 e. The van der Waals surface area contributed by atoms with Gasteiger partial charge in [0.05, 0.1) is 25.3 Å².